The van der Waals surface area contributed by atoms with Crippen LogP contribution in [0.5, 0.6) is 5.75 Å². The van der Waals surface area contributed by atoms with Gasteiger partial charge in [-0.3, -0.25) is 4.98 Å². The fourth-order valence-electron chi connectivity index (χ4n) is 1.61. The average Bonchev–Trinajstić information content (AvgIpc) is 2.13. The number of sulfone groups is 1. The molecule has 0 saturated carbocycles. The third kappa shape index (κ3) is 3.70. The SMILES string of the molecule is CC(C)Oc1cnc(C(C)(C)C)c(S(C)(=O)=O)c1. The second kappa shape index (κ2) is 4.88. The minimum absolute atomic E-state index is 0.0142. The summed E-state index contributed by atoms with van der Waals surface area (Å²) in [5.41, 5.74) is 0.246. The number of nitrogens with zero attached hydrogens (tertiary/aromatic N) is 1. The van der Waals surface area contributed by atoms with E-state index in [1.54, 1.807) is 12.3 Å². The van der Waals surface area contributed by atoms with E-state index in [9.17, 15) is 8.42 Å². The Morgan fingerprint density at radius 2 is 1.83 bits per heavy atom. The number of hydrogen-bond acceptors (Lipinski definition) is 4. The summed E-state index contributed by atoms with van der Waals surface area (Å²) in [6, 6.07) is 1.56. The lowest BCUT2D eigenvalue weighted by Crippen LogP contribution is -2.19. The van der Waals surface area contributed by atoms with Crippen LogP contribution >= 0.6 is 0 Å². The zero-order valence-electron chi connectivity index (χ0n) is 11.8. The molecule has 1 heterocycles. The highest BCUT2D eigenvalue weighted by Gasteiger charge is 2.25. The topological polar surface area (TPSA) is 56.3 Å². The minimum Gasteiger partial charge on any atom is -0.489 e. The number of aromatic nitrogens is 1. The molecule has 1 rings (SSSR count). The molecule has 1 aromatic heterocycles. The normalized spacial score (nSPS) is 12.8. The summed E-state index contributed by atoms with van der Waals surface area (Å²) in [7, 11) is -3.32. The highest BCUT2D eigenvalue weighted by molar-refractivity contribution is 7.90. The zero-order chi connectivity index (χ0) is 14.1. The van der Waals surface area contributed by atoms with Crippen molar-refractivity contribution >= 4 is 9.84 Å². The second-order valence-corrected chi connectivity index (χ2v) is 7.69. The first kappa shape index (κ1) is 15.0. The summed E-state index contributed by atoms with van der Waals surface area (Å²) in [5, 5.41) is 0. The fourth-order valence-corrected chi connectivity index (χ4v) is 2.65. The molecular formula is C13H21NO3S. The van der Waals surface area contributed by atoms with Gasteiger partial charge in [0.15, 0.2) is 9.84 Å². The van der Waals surface area contributed by atoms with Crippen molar-refractivity contribution in [3.05, 3.63) is 18.0 Å². The molecule has 0 fully saturated rings. The van der Waals surface area contributed by atoms with Gasteiger partial charge in [0.25, 0.3) is 0 Å². The van der Waals surface area contributed by atoms with Crippen LogP contribution in [0.4, 0.5) is 0 Å². The van der Waals surface area contributed by atoms with Gasteiger partial charge in [-0.15, -0.1) is 0 Å². The van der Waals surface area contributed by atoms with Gasteiger partial charge in [-0.1, -0.05) is 20.8 Å². The van der Waals surface area contributed by atoms with E-state index in [0.29, 0.717) is 11.4 Å². The lowest BCUT2D eigenvalue weighted by molar-refractivity contribution is 0.240. The molecule has 4 nitrogen and oxygen atoms in total. The van der Waals surface area contributed by atoms with E-state index in [1.807, 2.05) is 34.6 Å². The largest absolute Gasteiger partial charge is 0.489 e. The lowest BCUT2D eigenvalue weighted by atomic mass is 9.91. The van der Waals surface area contributed by atoms with Gasteiger partial charge >= 0.3 is 0 Å². The van der Waals surface area contributed by atoms with Crippen molar-refractivity contribution in [2.75, 3.05) is 6.26 Å². The van der Waals surface area contributed by atoms with E-state index in [2.05, 4.69) is 4.98 Å². The van der Waals surface area contributed by atoms with Gasteiger partial charge in [0.1, 0.15) is 5.75 Å². The van der Waals surface area contributed by atoms with Crippen molar-refractivity contribution in [2.24, 2.45) is 0 Å². The molecule has 0 unspecified atom stereocenters. The summed E-state index contributed by atoms with van der Waals surface area (Å²) in [5.74, 6) is 0.485. The molecule has 0 bridgehead atoms. The van der Waals surface area contributed by atoms with Crippen molar-refractivity contribution in [1.29, 1.82) is 0 Å². The van der Waals surface area contributed by atoms with Gasteiger partial charge in [0.05, 0.1) is 22.9 Å². The van der Waals surface area contributed by atoms with Crippen LogP contribution in [0.15, 0.2) is 17.2 Å². The van der Waals surface area contributed by atoms with Crippen LogP contribution in [-0.4, -0.2) is 25.8 Å². The first-order valence-corrected chi connectivity index (χ1v) is 7.78. The maximum Gasteiger partial charge on any atom is 0.177 e. The van der Waals surface area contributed by atoms with E-state index >= 15 is 0 Å². The Morgan fingerprint density at radius 3 is 2.22 bits per heavy atom. The van der Waals surface area contributed by atoms with Gasteiger partial charge in [0.2, 0.25) is 0 Å². The van der Waals surface area contributed by atoms with E-state index in [-0.39, 0.29) is 16.4 Å². The molecule has 0 aliphatic carbocycles. The Bertz CT molecular complexity index is 528. The molecule has 0 aliphatic heterocycles. The van der Waals surface area contributed by atoms with E-state index in [4.69, 9.17) is 4.74 Å². The smallest absolute Gasteiger partial charge is 0.177 e. The van der Waals surface area contributed by atoms with Crippen LogP contribution < -0.4 is 4.74 Å². The molecule has 5 heteroatoms. The van der Waals surface area contributed by atoms with Crippen molar-refractivity contribution in [2.45, 2.75) is 51.0 Å². The monoisotopic (exact) mass is 271 g/mol. The Balaban J connectivity index is 3.40. The first-order valence-electron chi connectivity index (χ1n) is 5.89. The maximum absolute atomic E-state index is 11.8. The standard InChI is InChI=1S/C13H21NO3S/c1-9(2)17-10-7-11(18(6,15)16)12(14-8-10)13(3,4)5/h7-9H,1-6H3. The van der Waals surface area contributed by atoms with Crippen molar-refractivity contribution in [3.63, 3.8) is 0 Å². The second-order valence-electron chi connectivity index (χ2n) is 5.71. The van der Waals surface area contributed by atoms with Crippen molar-refractivity contribution < 1.29 is 13.2 Å². The molecular weight excluding hydrogens is 250 g/mol. The Hall–Kier alpha value is -1.10. The number of hydrogen-bond donors (Lipinski definition) is 0. The maximum atomic E-state index is 11.8. The molecule has 0 aliphatic rings. The minimum atomic E-state index is -3.32. The Kier molecular flexibility index (Phi) is 4.05. The van der Waals surface area contributed by atoms with Crippen LogP contribution in [0.1, 0.15) is 40.3 Å². The van der Waals surface area contributed by atoms with Crippen LogP contribution in [-0.2, 0) is 15.3 Å². The third-order valence-electron chi connectivity index (χ3n) is 2.31. The van der Waals surface area contributed by atoms with Crippen LogP contribution in [0.25, 0.3) is 0 Å². The molecule has 0 N–H and O–H groups in total. The zero-order valence-corrected chi connectivity index (χ0v) is 12.6. The third-order valence-corrected chi connectivity index (χ3v) is 3.42. The summed E-state index contributed by atoms with van der Waals surface area (Å²) in [6.07, 6.45) is 2.76. The highest BCUT2D eigenvalue weighted by Crippen LogP contribution is 2.29. The molecule has 0 saturated heterocycles. The molecule has 0 atom stereocenters. The van der Waals surface area contributed by atoms with Crippen molar-refractivity contribution in [1.82, 2.24) is 4.98 Å². The highest BCUT2D eigenvalue weighted by atomic mass is 32.2. The van der Waals surface area contributed by atoms with Gasteiger partial charge in [0, 0.05) is 17.7 Å². The quantitative estimate of drug-likeness (QED) is 0.848. The van der Waals surface area contributed by atoms with E-state index < -0.39 is 9.84 Å². The number of rotatable bonds is 3. The van der Waals surface area contributed by atoms with E-state index in [0.717, 1.165) is 0 Å². The van der Waals surface area contributed by atoms with Gasteiger partial charge in [-0.25, -0.2) is 8.42 Å². The van der Waals surface area contributed by atoms with Crippen LogP contribution in [0, 0.1) is 0 Å². The molecule has 102 valence electrons. The summed E-state index contributed by atoms with van der Waals surface area (Å²) >= 11 is 0. The van der Waals surface area contributed by atoms with E-state index in [1.165, 1.54) is 6.26 Å². The molecule has 1 aromatic rings. The van der Waals surface area contributed by atoms with Crippen molar-refractivity contribution in [3.8, 4) is 5.75 Å². The summed E-state index contributed by atoms with van der Waals surface area (Å²) in [4.78, 5) is 4.51. The average molecular weight is 271 g/mol. The molecule has 18 heavy (non-hydrogen) atoms. The fraction of sp³-hybridized carbons (Fsp3) is 0.615. The summed E-state index contributed by atoms with van der Waals surface area (Å²) in [6.45, 7) is 9.59. The first-order chi connectivity index (χ1) is 8.01. The van der Waals surface area contributed by atoms with Gasteiger partial charge < -0.3 is 4.74 Å². The number of pyridine rings is 1. The number of ether oxygens (including phenoxy) is 1. The predicted octanol–water partition coefficient (Wildman–Crippen LogP) is 2.57. The summed E-state index contributed by atoms with van der Waals surface area (Å²) < 4.78 is 29.2. The van der Waals surface area contributed by atoms with Gasteiger partial charge in [-0.2, -0.15) is 0 Å². The molecule has 0 radical (unpaired) electrons. The Labute approximate surface area is 109 Å². The lowest BCUT2D eigenvalue weighted by Gasteiger charge is -2.21. The van der Waals surface area contributed by atoms with Crippen LogP contribution in [0.3, 0.4) is 0 Å². The Morgan fingerprint density at radius 1 is 1.28 bits per heavy atom. The van der Waals surface area contributed by atoms with Crippen LogP contribution in [0.2, 0.25) is 0 Å². The predicted molar refractivity (Wildman–Crippen MR) is 71.8 cm³/mol. The van der Waals surface area contributed by atoms with Gasteiger partial charge in [-0.05, 0) is 13.8 Å². The molecule has 0 amide bonds. The molecule has 0 aromatic carbocycles. The molecule has 0 spiro atoms.